The Balaban J connectivity index is 0.935. The van der Waals surface area contributed by atoms with Crippen molar-refractivity contribution < 1.29 is 0 Å². The van der Waals surface area contributed by atoms with Crippen LogP contribution in [0.4, 0.5) is 17.1 Å². The molecule has 1 aliphatic carbocycles. The van der Waals surface area contributed by atoms with Gasteiger partial charge < -0.3 is 25.4 Å². The number of para-hydroxylation sites is 4. The van der Waals surface area contributed by atoms with Crippen molar-refractivity contribution in [3.63, 3.8) is 0 Å². The molecule has 7 heteroatoms. The van der Waals surface area contributed by atoms with Crippen LogP contribution in [0.3, 0.4) is 0 Å². The lowest BCUT2D eigenvalue weighted by molar-refractivity contribution is 0.360. The number of aryl methyl sites for hydroxylation is 1. The number of nitrogens with zero attached hydrogens (tertiary/aromatic N) is 3. The molecule has 0 radical (unpaired) electrons. The van der Waals surface area contributed by atoms with Crippen molar-refractivity contribution in [3.05, 3.63) is 197 Å². The van der Waals surface area contributed by atoms with Gasteiger partial charge in [0.05, 0.1) is 23.6 Å². The Morgan fingerprint density at radius 3 is 2.24 bits per heavy atom. The molecule has 3 aliphatic heterocycles. The minimum absolute atomic E-state index is 0.0431. The summed E-state index contributed by atoms with van der Waals surface area (Å²) in [6.07, 6.45) is 6.75. The highest BCUT2D eigenvalue weighted by Gasteiger charge is 2.41. The first-order valence-corrected chi connectivity index (χ1v) is 18.9. The number of nitrogens with one attached hydrogen (secondary N) is 4. The van der Waals surface area contributed by atoms with E-state index in [2.05, 4.69) is 195 Å². The molecule has 4 N–H and O–H groups in total. The highest BCUT2D eigenvalue weighted by Crippen LogP contribution is 2.50. The van der Waals surface area contributed by atoms with Crippen molar-refractivity contribution >= 4 is 39.9 Å². The molecule has 3 unspecified atom stereocenters. The van der Waals surface area contributed by atoms with Crippen LogP contribution in [0.25, 0.3) is 22.7 Å². The third kappa shape index (κ3) is 4.75. The van der Waals surface area contributed by atoms with Crippen LogP contribution in [0.2, 0.25) is 0 Å². The lowest BCUT2D eigenvalue weighted by Crippen LogP contribution is -2.60. The van der Waals surface area contributed by atoms with Crippen LogP contribution in [-0.2, 0) is 12.1 Å². The van der Waals surface area contributed by atoms with E-state index in [9.17, 15) is 0 Å². The van der Waals surface area contributed by atoms with Gasteiger partial charge >= 0.3 is 0 Å². The maximum Gasteiger partial charge on any atom is 0.144 e. The van der Waals surface area contributed by atoms with Crippen LogP contribution < -0.4 is 26.2 Å². The number of aliphatic imine (C=N–C) groups is 1. The van der Waals surface area contributed by atoms with E-state index in [-0.39, 0.29) is 12.3 Å². The molecule has 6 aromatic carbocycles. The highest BCUT2D eigenvalue weighted by atomic mass is 15.4. The molecule has 0 saturated carbocycles. The Bertz CT molecular complexity index is 2600. The van der Waals surface area contributed by atoms with Crippen LogP contribution in [0, 0.1) is 0 Å². The van der Waals surface area contributed by atoms with E-state index in [0.29, 0.717) is 6.67 Å². The maximum absolute atomic E-state index is 4.99. The standard InChI is InChI=1S/C47H39N7/c1-2-12-33(13-3-1)47(34-26-28-35(29-27-34)53-41-19-9-5-14-36(41)37-15-6-10-20-42(37)53)49-30-48-44(52-47)31-22-24-32(25-23-31)45-50-39-17-7-4-16-38(39)46-51-40-18-8-11-21-43(40)54(45)46/h1-5,7-14,16-29,45-46,49-51H,6,15,30H2,(H,48,52). The third-order valence-electron chi connectivity index (χ3n) is 11.6. The summed E-state index contributed by atoms with van der Waals surface area (Å²) in [6, 6.07) is 54.5. The zero-order valence-electron chi connectivity index (χ0n) is 29.7. The quantitative estimate of drug-likeness (QED) is 0.144. The van der Waals surface area contributed by atoms with Gasteiger partial charge in [-0.15, -0.1) is 0 Å². The molecule has 0 fully saturated rings. The summed E-state index contributed by atoms with van der Waals surface area (Å²) in [6.45, 7) is 0.472. The van der Waals surface area contributed by atoms with Gasteiger partial charge in [-0.2, -0.15) is 0 Å². The first-order valence-electron chi connectivity index (χ1n) is 18.9. The second-order valence-corrected chi connectivity index (χ2v) is 14.5. The number of amidine groups is 1. The molecule has 4 heterocycles. The SMILES string of the molecule is C1=Cc2c(c3ccccc3n2-c2ccc(C3(c4ccccc4)NCN=C(c4ccc(C5Nc6ccccc6C6Nc7ccccc7N56)cc4)N3)cc2)CC1. The van der Waals surface area contributed by atoms with Gasteiger partial charge in [0, 0.05) is 33.6 Å². The number of aromatic nitrogens is 1. The van der Waals surface area contributed by atoms with Gasteiger partial charge in [-0.25, -0.2) is 0 Å². The Labute approximate surface area is 314 Å². The highest BCUT2D eigenvalue weighted by molar-refractivity contribution is 6.00. The number of fused-ring (bicyclic) bond motifs is 8. The molecule has 0 spiro atoms. The molecule has 54 heavy (non-hydrogen) atoms. The van der Waals surface area contributed by atoms with Crippen LogP contribution >= 0.6 is 0 Å². The van der Waals surface area contributed by atoms with Crippen molar-refractivity contribution in [2.45, 2.75) is 30.8 Å². The summed E-state index contributed by atoms with van der Waals surface area (Å²) in [5.41, 5.74) is 13.7. The second-order valence-electron chi connectivity index (χ2n) is 14.5. The van der Waals surface area contributed by atoms with E-state index < -0.39 is 5.66 Å². The summed E-state index contributed by atoms with van der Waals surface area (Å²) in [4.78, 5) is 7.45. The molecule has 11 rings (SSSR count). The topological polar surface area (TPSA) is 68.7 Å². The van der Waals surface area contributed by atoms with Crippen molar-refractivity contribution in [1.82, 2.24) is 15.2 Å². The van der Waals surface area contributed by atoms with Gasteiger partial charge in [-0.3, -0.25) is 10.3 Å². The van der Waals surface area contributed by atoms with E-state index in [1.165, 1.54) is 39.0 Å². The average Bonchev–Trinajstić information content (AvgIpc) is 3.81. The average molecular weight is 702 g/mol. The minimum atomic E-state index is -0.680. The first kappa shape index (κ1) is 31.0. The predicted molar refractivity (Wildman–Crippen MR) is 220 cm³/mol. The Hall–Kier alpha value is -6.57. The first-order chi connectivity index (χ1) is 26.7. The zero-order valence-corrected chi connectivity index (χ0v) is 29.7. The van der Waals surface area contributed by atoms with Crippen molar-refractivity contribution in [1.29, 1.82) is 0 Å². The fraction of sp³-hybridized carbons (Fsp3) is 0.128. The molecule has 1 aromatic heterocycles. The van der Waals surface area contributed by atoms with Crippen LogP contribution in [0.15, 0.2) is 163 Å². The normalized spacial score (nSPS) is 20.8. The summed E-state index contributed by atoms with van der Waals surface area (Å²) >= 11 is 0. The minimum Gasteiger partial charge on any atom is -0.361 e. The number of hydrogen-bond acceptors (Lipinski definition) is 6. The molecule has 0 amide bonds. The van der Waals surface area contributed by atoms with Gasteiger partial charge in [0.25, 0.3) is 0 Å². The van der Waals surface area contributed by atoms with E-state index in [1.54, 1.807) is 0 Å². The number of hydrogen-bond donors (Lipinski definition) is 4. The van der Waals surface area contributed by atoms with Gasteiger partial charge in [-0.05, 0) is 77.6 Å². The second kappa shape index (κ2) is 12.3. The number of allylic oxidation sites excluding steroid dienone is 1. The van der Waals surface area contributed by atoms with Crippen molar-refractivity contribution in [2.75, 3.05) is 22.2 Å². The summed E-state index contributed by atoms with van der Waals surface area (Å²) in [7, 11) is 0. The molecule has 3 atom stereocenters. The molecule has 7 aromatic rings. The van der Waals surface area contributed by atoms with Crippen LogP contribution in [-0.4, -0.2) is 17.1 Å². The predicted octanol–water partition coefficient (Wildman–Crippen LogP) is 9.44. The Kier molecular flexibility index (Phi) is 7.03. The summed E-state index contributed by atoms with van der Waals surface area (Å²) in [5.74, 6) is 0.858. The molecular weight excluding hydrogens is 663 g/mol. The molecular formula is C47H39N7. The van der Waals surface area contributed by atoms with Gasteiger partial charge in [0.2, 0.25) is 0 Å². The van der Waals surface area contributed by atoms with Gasteiger partial charge in [0.15, 0.2) is 0 Å². The van der Waals surface area contributed by atoms with Crippen LogP contribution in [0.1, 0.15) is 57.8 Å². The van der Waals surface area contributed by atoms with Crippen molar-refractivity contribution in [3.8, 4) is 5.69 Å². The summed E-state index contributed by atoms with van der Waals surface area (Å²) in [5, 5.41) is 16.6. The smallest absolute Gasteiger partial charge is 0.144 e. The zero-order chi connectivity index (χ0) is 35.6. The number of rotatable bonds is 5. The summed E-state index contributed by atoms with van der Waals surface area (Å²) < 4.78 is 2.41. The van der Waals surface area contributed by atoms with E-state index in [1.807, 2.05) is 0 Å². The molecule has 4 aliphatic rings. The van der Waals surface area contributed by atoms with E-state index in [4.69, 9.17) is 4.99 Å². The molecule has 0 bridgehead atoms. The largest absolute Gasteiger partial charge is 0.361 e. The fourth-order valence-electron chi connectivity index (χ4n) is 9.03. The third-order valence-corrected chi connectivity index (χ3v) is 11.6. The Morgan fingerprint density at radius 1 is 0.648 bits per heavy atom. The van der Waals surface area contributed by atoms with Gasteiger partial charge in [0.1, 0.15) is 23.8 Å². The Morgan fingerprint density at radius 2 is 1.37 bits per heavy atom. The molecule has 7 nitrogen and oxygen atoms in total. The van der Waals surface area contributed by atoms with Crippen molar-refractivity contribution in [2.24, 2.45) is 4.99 Å². The fourth-order valence-corrected chi connectivity index (χ4v) is 9.03. The molecule has 262 valence electrons. The van der Waals surface area contributed by atoms with E-state index in [0.717, 1.165) is 52.4 Å². The van der Waals surface area contributed by atoms with Gasteiger partial charge in [-0.1, -0.05) is 121 Å². The van der Waals surface area contributed by atoms with E-state index >= 15 is 0 Å². The lowest BCUT2D eigenvalue weighted by atomic mass is 9.89. The number of benzene rings is 6. The monoisotopic (exact) mass is 701 g/mol. The van der Waals surface area contributed by atoms with Crippen LogP contribution in [0.5, 0.6) is 0 Å². The lowest BCUT2D eigenvalue weighted by Gasteiger charge is -2.42. The maximum atomic E-state index is 4.99. The molecule has 0 saturated heterocycles. The number of anilines is 3.